The third-order valence-corrected chi connectivity index (χ3v) is 6.43. The number of esters is 2. The predicted molar refractivity (Wildman–Crippen MR) is 135 cm³/mol. The van der Waals surface area contributed by atoms with Gasteiger partial charge in [0.25, 0.3) is 5.91 Å². The van der Waals surface area contributed by atoms with Crippen molar-refractivity contribution in [2.75, 3.05) is 39.9 Å². The van der Waals surface area contributed by atoms with Gasteiger partial charge < -0.3 is 29.0 Å². The molecule has 3 rings (SSSR count). The lowest BCUT2D eigenvalue weighted by Crippen LogP contribution is -2.22. The molecule has 0 aliphatic rings. The number of thiophene rings is 1. The highest BCUT2D eigenvalue weighted by Gasteiger charge is 2.25. The quantitative estimate of drug-likeness (QED) is 0.388. The summed E-state index contributed by atoms with van der Waals surface area (Å²) >= 11 is 1.24. The maximum atomic E-state index is 12.7. The molecule has 0 saturated carbocycles. The number of hydrogen-bond donors (Lipinski definition) is 1. The fraction of sp³-hybridized carbons (Fsp3) is 0.269. The number of anilines is 1. The fourth-order valence-corrected chi connectivity index (χ4v) is 4.69. The molecule has 1 aromatic heterocycles. The molecule has 0 atom stereocenters. The standard InChI is InChI=1S/C26H27NO8S/c1-6-34-26(30)22-15(2)23(16-10-8-7-9-11-16)36-24(22)27-21(28)14-35-25(29)17-12-19(32-4)20(33-5)13-18(17)31-3/h7-13H,6,14H2,1-5H3,(H,27,28). The fourth-order valence-electron chi connectivity index (χ4n) is 3.48. The summed E-state index contributed by atoms with van der Waals surface area (Å²) in [4.78, 5) is 38.9. The van der Waals surface area contributed by atoms with Crippen LogP contribution in [0.25, 0.3) is 10.4 Å². The molecule has 190 valence electrons. The van der Waals surface area contributed by atoms with Gasteiger partial charge in [-0.05, 0) is 25.0 Å². The van der Waals surface area contributed by atoms with Crippen molar-refractivity contribution in [3.63, 3.8) is 0 Å². The van der Waals surface area contributed by atoms with Crippen LogP contribution in [0.3, 0.4) is 0 Å². The number of ether oxygens (including phenoxy) is 5. The van der Waals surface area contributed by atoms with Gasteiger partial charge in [-0.25, -0.2) is 9.59 Å². The Morgan fingerprint density at radius 2 is 1.50 bits per heavy atom. The third kappa shape index (κ3) is 5.77. The molecule has 0 spiro atoms. The first-order valence-electron chi connectivity index (χ1n) is 11.0. The van der Waals surface area contributed by atoms with E-state index in [2.05, 4.69) is 5.32 Å². The van der Waals surface area contributed by atoms with Gasteiger partial charge in [0.2, 0.25) is 0 Å². The van der Waals surface area contributed by atoms with Crippen LogP contribution in [0.15, 0.2) is 42.5 Å². The van der Waals surface area contributed by atoms with Crippen LogP contribution >= 0.6 is 11.3 Å². The Hall–Kier alpha value is -4.05. The molecule has 0 aliphatic carbocycles. The van der Waals surface area contributed by atoms with E-state index in [9.17, 15) is 14.4 Å². The minimum atomic E-state index is -0.791. The molecule has 0 bridgehead atoms. The van der Waals surface area contributed by atoms with Crippen LogP contribution in [0, 0.1) is 6.92 Å². The Balaban J connectivity index is 1.80. The number of carbonyl (C=O) groups excluding carboxylic acids is 3. The molecule has 0 unspecified atom stereocenters. The minimum absolute atomic E-state index is 0.0634. The summed E-state index contributed by atoms with van der Waals surface area (Å²) in [7, 11) is 4.28. The van der Waals surface area contributed by atoms with Gasteiger partial charge in [-0.1, -0.05) is 30.3 Å². The van der Waals surface area contributed by atoms with Gasteiger partial charge in [0.05, 0.1) is 33.5 Å². The molecule has 1 amide bonds. The highest BCUT2D eigenvalue weighted by Crippen LogP contribution is 2.40. The van der Waals surface area contributed by atoms with Crippen molar-refractivity contribution in [1.82, 2.24) is 0 Å². The van der Waals surface area contributed by atoms with Crippen LogP contribution in [0.2, 0.25) is 0 Å². The van der Waals surface area contributed by atoms with E-state index in [1.165, 1.54) is 44.8 Å². The number of benzene rings is 2. The monoisotopic (exact) mass is 513 g/mol. The number of nitrogens with one attached hydrogen (secondary N) is 1. The van der Waals surface area contributed by atoms with E-state index >= 15 is 0 Å². The van der Waals surface area contributed by atoms with Crippen LogP contribution in [-0.4, -0.2) is 52.4 Å². The first-order chi connectivity index (χ1) is 17.3. The molecule has 1 N–H and O–H groups in total. The first kappa shape index (κ1) is 26.6. The van der Waals surface area contributed by atoms with Crippen LogP contribution in [-0.2, 0) is 14.3 Å². The molecule has 0 radical (unpaired) electrons. The Kier molecular flexibility index (Phi) is 8.91. The predicted octanol–water partition coefficient (Wildman–Crippen LogP) is 4.72. The second-order valence-corrected chi connectivity index (χ2v) is 8.40. The van der Waals surface area contributed by atoms with Crippen molar-refractivity contribution in [3.05, 3.63) is 59.2 Å². The Morgan fingerprint density at radius 1 is 0.861 bits per heavy atom. The summed E-state index contributed by atoms with van der Waals surface area (Å²) in [6.07, 6.45) is 0. The number of carbonyl (C=O) groups is 3. The highest BCUT2D eigenvalue weighted by molar-refractivity contribution is 7.20. The van der Waals surface area contributed by atoms with E-state index in [0.29, 0.717) is 22.1 Å². The first-order valence-corrected chi connectivity index (χ1v) is 11.8. The molecule has 0 fully saturated rings. The van der Waals surface area contributed by atoms with Crippen molar-refractivity contribution in [1.29, 1.82) is 0 Å². The molecule has 10 heteroatoms. The molecule has 1 heterocycles. The number of methoxy groups -OCH3 is 3. The summed E-state index contributed by atoms with van der Waals surface area (Å²) in [5.41, 5.74) is 1.92. The average Bonchev–Trinajstić information content (AvgIpc) is 3.22. The molecule has 9 nitrogen and oxygen atoms in total. The topological polar surface area (TPSA) is 109 Å². The summed E-state index contributed by atoms with van der Waals surface area (Å²) in [5.74, 6) is -1.08. The van der Waals surface area contributed by atoms with Gasteiger partial charge in [-0.3, -0.25) is 4.79 Å². The average molecular weight is 514 g/mol. The number of hydrogen-bond acceptors (Lipinski definition) is 9. The molecular formula is C26H27NO8S. The molecule has 36 heavy (non-hydrogen) atoms. The number of rotatable bonds is 10. The van der Waals surface area contributed by atoms with Crippen LogP contribution in [0.1, 0.15) is 33.2 Å². The van der Waals surface area contributed by atoms with Crippen molar-refractivity contribution in [3.8, 4) is 27.7 Å². The Bertz CT molecular complexity index is 1250. The molecule has 0 aliphatic heterocycles. The lowest BCUT2D eigenvalue weighted by Gasteiger charge is -2.13. The van der Waals surface area contributed by atoms with E-state index in [1.807, 2.05) is 30.3 Å². The van der Waals surface area contributed by atoms with Gasteiger partial charge in [0, 0.05) is 17.0 Å². The van der Waals surface area contributed by atoms with Gasteiger partial charge in [0.15, 0.2) is 18.1 Å². The maximum absolute atomic E-state index is 12.7. The summed E-state index contributed by atoms with van der Waals surface area (Å²) in [5, 5.41) is 3.00. The lowest BCUT2D eigenvalue weighted by molar-refractivity contribution is -0.119. The van der Waals surface area contributed by atoms with Gasteiger partial charge in [0.1, 0.15) is 16.3 Å². The maximum Gasteiger partial charge on any atom is 0.342 e. The van der Waals surface area contributed by atoms with Gasteiger partial charge in [-0.15, -0.1) is 11.3 Å². The van der Waals surface area contributed by atoms with E-state index in [-0.39, 0.29) is 23.5 Å². The van der Waals surface area contributed by atoms with Gasteiger partial charge >= 0.3 is 11.9 Å². The molecule has 3 aromatic rings. The van der Waals surface area contributed by atoms with Crippen molar-refractivity contribution >= 4 is 34.2 Å². The molecular weight excluding hydrogens is 486 g/mol. The van der Waals surface area contributed by atoms with Crippen LogP contribution < -0.4 is 19.5 Å². The Morgan fingerprint density at radius 3 is 2.11 bits per heavy atom. The second kappa shape index (κ2) is 12.1. The summed E-state index contributed by atoms with van der Waals surface area (Å²) in [6, 6.07) is 12.4. The van der Waals surface area contributed by atoms with Crippen LogP contribution in [0.5, 0.6) is 17.2 Å². The summed E-state index contributed by atoms with van der Waals surface area (Å²) < 4.78 is 26.1. The Labute approximate surface area is 212 Å². The molecule has 0 saturated heterocycles. The second-order valence-electron chi connectivity index (χ2n) is 7.38. The van der Waals surface area contributed by atoms with Crippen molar-refractivity contribution in [2.45, 2.75) is 13.8 Å². The van der Waals surface area contributed by atoms with E-state index in [4.69, 9.17) is 23.7 Å². The van der Waals surface area contributed by atoms with E-state index < -0.39 is 24.5 Å². The van der Waals surface area contributed by atoms with Gasteiger partial charge in [-0.2, -0.15) is 0 Å². The third-order valence-electron chi connectivity index (χ3n) is 5.18. The minimum Gasteiger partial charge on any atom is -0.496 e. The SMILES string of the molecule is CCOC(=O)c1c(NC(=O)COC(=O)c2cc(OC)c(OC)cc2OC)sc(-c2ccccc2)c1C. The van der Waals surface area contributed by atoms with Crippen LogP contribution in [0.4, 0.5) is 5.00 Å². The zero-order chi connectivity index (χ0) is 26.2. The zero-order valence-corrected chi connectivity index (χ0v) is 21.4. The van der Waals surface area contributed by atoms with E-state index in [1.54, 1.807) is 13.8 Å². The normalized spacial score (nSPS) is 10.4. The largest absolute Gasteiger partial charge is 0.496 e. The smallest absolute Gasteiger partial charge is 0.342 e. The van der Waals surface area contributed by atoms with Crippen molar-refractivity contribution < 1.29 is 38.1 Å². The number of amides is 1. The highest BCUT2D eigenvalue weighted by atomic mass is 32.1. The molecule has 2 aromatic carbocycles. The van der Waals surface area contributed by atoms with E-state index in [0.717, 1.165) is 10.4 Å². The van der Waals surface area contributed by atoms with Crippen molar-refractivity contribution in [2.24, 2.45) is 0 Å². The zero-order valence-electron chi connectivity index (χ0n) is 20.6. The lowest BCUT2D eigenvalue weighted by atomic mass is 10.1. The summed E-state index contributed by atoms with van der Waals surface area (Å²) in [6.45, 7) is 3.10.